The first-order valence-corrected chi connectivity index (χ1v) is 7.15. The van der Waals surface area contributed by atoms with Crippen LogP contribution in [0.3, 0.4) is 0 Å². The standard InChI is InChI=1S/C14H28N2/c1-13-6-5-10-16(11-7-13)12-14(2)8-3-4-9-15-14/h13,15H,3-12H2,1-2H3. The van der Waals surface area contributed by atoms with E-state index in [9.17, 15) is 0 Å². The second kappa shape index (κ2) is 5.50. The lowest BCUT2D eigenvalue weighted by molar-refractivity contribution is 0.166. The number of nitrogens with one attached hydrogen (secondary N) is 1. The zero-order chi connectivity index (χ0) is 11.4. The molecule has 0 radical (unpaired) electrons. The first-order valence-electron chi connectivity index (χ1n) is 7.15. The molecule has 16 heavy (non-hydrogen) atoms. The van der Waals surface area contributed by atoms with Gasteiger partial charge in [0.05, 0.1) is 0 Å². The van der Waals surface area contributed by atoms with E-state index in [0.717, 1.165) is 5.92 Å². The van der Waals surface area contributed by atoms with Gasteiger partial charge >= 0.3 is 0 Å². The van der Waals surface area contributed by atoms with Gasteiger partial charge in [0.25, 0.3) is 0 Å². The average molecular weight is 224 g/mol. The molecule has 0 saturated carbocycles. The van der Waals surface area contributed by atoms with Crippen molar-refractivity contribution in [1.29, 1.82) is 0 Å². The highest BCUT2D eigenvalue weighted by Crippen LogP contribution is 2.23. The van der Waals surface area contributed by atoms with Gasteiger partial charge < -0.3 is 10.2 Å². The van der Waals surface area contributed by atoms with Crippen molar-refractivity contribution >= 4 is 0 Å². The van der Waals surface area contributed by atoms with Gasteiger partial charge in [0.15, 0.2) is 0 Å². The summed E-state index contributed by atoms with van der Waals surface area (Å²) in [6.07, 6.45) is 8.37. The van der Waals surface area contributed by atoms with E-state index < -0.39 is 0 Å². The molecule has 2 saturated heterocycles. The fourth-order valence-corrected chi connectivity index (χ4v) is 3.23. The molecule has 2 aliphatic rings. The molecule has 0 spiro atoms. The minimum Gasteiger partial charge on any atom is -0.310 e. The third-order valence-corrected chi connectivity index (χ3v) is 4.39. The molecule has 0 amide bonds. The first-order chi connectivity index (χ1) is 7.68. The van der Waals surface area contributed by atoms with Gasteiger partial charge in [0.2, 0.25) is 0 Å². The Morgan fingerprint density at radius 2 is 2.06 bits per heavy atom. The molecule has 2 atom stereocenters. The highest BCUT2D eigenvalue weighted by atomic mass is 15.2. The Hall–Kier alpha value is -0.0800. The summed E-state index contributed by atoms with van der Waals surface area (Å²) in [7, 11) is 0. The van der Waals surface area contributed by atoms with Crippen molar-refractivity contribution in [2.24, 2.45) is 5.92 Å². The summed E-state index contributed by atoms with van der Waals surface area (Å²) >= 11 is 0. The van der Waals surface area contributed by atoms with Crippen LogP contribution in [0.15, 0.2) is 0 Å². The molecular formula is C14H28N2. The lowest BCUT2D eigenvalue weighted by Gasteiger charge is -2.39. The van der Waals surface area contributed by atoms with Gasteiger partial charge in [-0.1, -0.05) is 13.3 Å². The zero-order valence-electron chi connectivity index (χ0n) is 11.1. The Labute approximate surface area is 101 Å². The van der Waals surface area contributed by atoms with E-state index in [1.165, 1.54) is 64.7 Å². The van der Waals surface area contributed by atoms with Gasteiger partial charge in [-0.15, -0.1) is 0 Å². The Morgan fingerprint density at radius 3 is 2.81 bits per heavy atom. The van der Waals surface area contributed by atoms with E-state index in [2.05, 4.69) is 24.1 Å². The summed E-state index contributed by atoms with van der Waals surface area (Å²) in [5.74, 6) is 0.942. The van der Waals surface area contributed by atoms with E-state index in [1.807, 2.05) is 0 Å². The highest BCUT2D eigenvalue weighted by molar-refractivity contribution is 4.90. The van der Waals surface area contributed by atoms with E-state index >= 15 is 0 Å². The van der Waals surface area contributed by atoms with Gasteiger partial charge in [0, 0.05) is 12.1 Å². The second-order valence-corrected chi connectivity index (χ2v) is 6.26. The van der Waals surface area contributed by atoms with E-state index in [1.54, 1.807) is 0 Å². The molecule has 2 heteroatoms. The first kappa shape index (κ1) is 12.4. The molecule has 2 rings (SSSR count). The van der Waals surface area contributed by atoms with Crippen LogP contribution in [-0.2, 0) is 0 Å². The van der Waals surface area contributed by atoms with Crippen LogP contribution < -0.4 is 5.32 Å². The van der Waals surface area contributed by atoms with Crippen molar-refractivity contribution in [3.8, 4) is 0 Å². The number of rotatable bonds is 2. The topological polar surface area (TPSA) is 15.3 Å². The van der Waals surface area contributed by atoms with Crippen LogP contribution in [0.4, 0.5) is 0 Å². The van der Waals surface area contributed by atoms with E-state index in [0.29, 0.717) is 5.54 Å². The smallest absolute Gasteiger partial charge is 0.0280 e. The van der Waals surface area contributed by atoms with Crippen LogP contribution in [0.5, 0.6) is 0 Å². The van der Waals surface area contributed by atoms with Crippen LogP contribution in [0, 0.1) is 5.92 Å². The molecule has 0 aliphatic carbocycles. The van der Waals surface area contributed by atoms with Gasteiger partial charge in [-0.3, -0.25) is 0 Å². The molecule has 0 aromatic carbocycles. The number of likely N-dealkylation sites (tertiary alicyclic amines) is 1. The van der Waals surface area contributed by atoms with E-state index in [-0.39, 0.29) is 0 Å². The molecule has 2 heterocycles. The van der Waals surface area contributed by atoms with Crippen LogP contribution in [0.1, 0.15) is 52.4 Å². The normalized spacial score (nSPS) is 38.2. The molecule has 2 fully saturated rings. The summed E-state index contributed by atoms with van der Waals surface area (Å²) in [4.78, 5) is 2.70. The largest absolute Gasteiger partial charge is 0.310 e. The summed E-state index contributed by atoms with van der Waals surface area (Å²) in [6.45, 7) is 9.95. The molecular weight excluding hydrogens is 196 g/mol. The van der Waals surface area contributed by atoms with Crippen molar-refractivity contribution in [2.45, 2.75) is 57.9 Å². The van der Waals surface area contributed by atoms with Crippen LogP contribution >= 0.6 is 0 Å². The quantitative estimate of drug-likeness (QED) is 0.776. The Balaban J connectivity index is 1.83. The maximum atomic E-state index is 3.73. The zero-order valence-corrected chi connectivity index (χ0v) is 11.1. The molecule has 1 N–H and O–H groups in total. The van der Waals surface area contributed by atoms with Crippen LogP contribution in [0.25, 0.3) is 0 Å². The lowest BCUT2D eigenvalue weighted by atomic mass is 9.90. The monoisotopic (exact) mass is 224 g/mol. The fourth-order valence-electron chi connectivity index (χ4n) is 3.23. The van der Waals surface area contributed by atoms with Gasteiger partial charge in [0.1, 0.15) is 0 Å². The van der Waals surface area contributed by atoms with Gasteiger partial charge in [-0.2, -0.15) is 0 Å². The number of hydrogen-bond acceptors (Lipinski definition) is 2. The molecule has 94 valence electrons. The lowest BCUT2D eigenvalue weighted by Crippen LogP contribution is -2.53. The Kier molecular flexibility index (Phi) is 4.26. The molecule has 2 unspecified atom stereocenters. The van der Waals surface area contributed by atoms with Crippen LogP contribution in [0.2, 0.25) is 0 Å². The third kappa shape index (κ3) is 3.46. The minimum absolute atomic E-state index is 0.395. The van der Waals surface area contributed by atoms with Crippen molar-refractivity contribution < 1.29 is 0 Å². The molecule has 2 nitrogen and oxygen atoms in total. The average Bonchev–Trinajstić information content (AvgIpc) is 2.44. The fraction of sp³-hybridized carbons (Fsp3) is 1.00. The summed E-state index contributed by atoms with van der Waals surface area (Å²) in [6, 6.07) is 0. The van der Waals surface area contributed by atoms with E-state index in [4.69, 9.17) is 0 Å². The predicted octanol–water partition coefficient (Wildman–Crippen LogP) is 2.64. The number of piperidine rings is 1. The van der Waals surface area contributed by atoms with Gasteiger partial charge in [-0.05, 0) is 64.6 Å². The number of hydrogen-bond donors (Lipinski definition) is 1. The maximum Gasteiger partial charge on any atom is 0.0280 e. The summed E-state index contributed by atoms with van der Waals surface area (Å²) in [5, 5.41) is 3.73. The summed E-state index contributed by atoms with van der Waals surface area (Å²) < 4.78 is 0. The maximum absolute atomic E-state index is 3.73. The number of nitrogens with zero attached hydrogens (tertiary/aromatic N) is 1. The Bertz CT molecular complexity index is 209. The van der Waals surface area contributed by atoms with Crippen molar-refractivity contribution in [2.75, 3.05) is 26.2 Å². The minimum atomic E-state index is 0.395. The molecule has 0 aromatic heterocycles. The van der Waals surface area contributed by atoms with Gasteiger partial charge in [-0.25, -0.2) is 0 Å². The van der Waals surface area contributed by atoms with Crippen molar-refractivity contribution in [3.63, 3.8) is 0 Å². The third-order valence-electron chi connectivity index (χ3n) is 4.39. The predicted molar refractivity (Wildman–Crippen MR) is 69.7 cm³/mol. The molecule has 2 aliphatic heterocycles. The molecule has 0 aromatic rings. The van der Waals surface area contributed by atoms with Crippen LogP contribution in [-0.4, -0.2) is 36.6 Å². The van der Waals surface area contributed by atoms with Crippen molar-refractivity contribution in [3.05, 3.63) is 0 Å². The van der Waals surface area contributed by atoms with Crippen molar-refractivity contribution in [1.82, 2.24) is 10.2 Å². The second-order valence-electron chi connectivity index (χ2n) is 6.26. The highest BCUT2D eigenvalue weighted by Gasteiger charge is 2.29. The Morgan fingerprint density at radius 1 is 1.19 bits per heavy atom. The summed E-state index contributed by atoms with van der Waals surface area (Å²) in [5.41, 5.74) is 0.395. The SMILES string of the molecule is CC1CCCN(CC2(C)CCCCN2)CC1. The molecule has 0 bridgehead atoms.